The van der Waals surface area contributed by atoms with Crippen LogP contribution in [0.25, 0.3) is 11.0 Å². The van der Waals surface area contributed by atoms with Crippen molar-refractivity contribution in [1.82, 2.24) is 9.97 Å². The van der Waals surface area contributed by atoms with Crippen LogP contribution in [0.2, 0.25) is 0 Å². The highest BCUT2D eigenvalue weighted by atomic mass is 79.9. The number of benzene rings is 1. The van der Waals surface area contributed by atoms with E-state index in [4.69, 9.17) is 10.5 Å². The van der Waals surface area contributed by atoms with Crippen molar-refractivity contribution in [3.05, 3.63) is 22.4 Å². The summed E-state index contributed by atoms with van der Waals surface area (Å²) >= 11 is 3.45. The summed E-state index contributed by atoms with van der Waals surface area (Å²) in [4.78, 5) is 7.97. The first kappa shape index (κ1) is 12.9. The molecule has 102 valence electrons. The molecule has 1 aliphatic carbocycles. The third kappa shape index (κ3) is 2.62. The van der Waals surface area contributed by atoms with Crippen LogP contribution in [0.3, 0.4) is 0 Å². The van der Waals surface area contributed by atoms with Crippen LogP contribution in [0.15, 0.2) is 16.6 Å². The molecule has 1 aliphatic rings. The Kier molecular flexibility index (Phi) is 3.50. The number of aromatic amines is 1. The number of H-pyrrole nitrogens is 1. The molecule has 4 nitrogen and oxygen atoms in total. The average molecular weight is 324 g/mol. The van der Waals surface area contributed by atoms with E-state index in [0.717, 1.165) is 47.2 Å². The van der Waals surface area contributed by atoms with Gasteiger partial charge in [0.1, 0.15) is 11.3 Å². The van der Waals surface area contributed by atoms with Gasteiger partial charge in [-0.2, -0.15) is 0 Å². The molecule has 1 saturated carbocycles. The molecule has 1 aromatic carbocycles. The Hall–Kier alpha value is -1.07. The first-order valence-corrected chi connectivity index (χ1v) is 7.50. The third-order valence-electron chi connectivity index (χ3n) is 3.71. The lowest BCUT2D eigenvalue weighted by Crippen LogP contribution is -2.32. The fourth-order valence-corrected chi connectivity index (χ4v) is 3.22. The minimum atomic E-state index is 0.457. The van der Waals surface area contributed by atoms with Gasteiger partial charge in [-0.15, -0.1) is 0 Å². The Morgan fingerprint density at radius 1 is 1.47 bits per heavy atom. The van der Waals surface area contributed by atoms with Gasteiger partial charge in [0.2, 0.25) is 0 Å². The highest BCUT2D eigenvalue weighted by Gasteiger charge is 2.30. The molecule has 0 atom stereocenters. The molecule has 0 saturated heterocycles. The lowest BCUT2D eigenvalue weighted by Gasteiger charge is -2.34. The lowest BCUT2D eigenvalue weighted by molar-refractivity contribution is -0.0244. The number of hydrogen-bond acceptors (Lipinski definition) is 3. The van der Waals surface area contributed by atoms with Crippen LogP contribution < -0.4 is 5.73 Å². The Morgan fingerprint density at radius 3 is 3.00 bits per heavy atom. The number of anilines is 1. The summed E-state index contributed by atoms with van der Waals surface area (Å²) in [6, 6.07) is 3.91. The van der Waals surface area contributed by atoms with E-state index in [-0.39, 0.29) is 0 Å². The monoisotopic (exact) mass is 323 g/mol. The lowest BCUT2D eigenvalue weighted by atomic mass is 9.80. The normalized spacial score (nSPS) is 22.6. The molecule has 0 radical (unpaired) electrons. The Balaban J connectivity index is 1.71. The fourth-order valence-electron chi connectivity index (χ4n) is 2.74. The predicted octanol–water partition coefficient (Wildman–Crippen LogP) is 3.27. The van der Waals surface area contributed by atoms with Crippen molar-refractivity contribution in [2.24, 2.45) is 5.92 Å². The Labute approximate surface area is 120 Å². The summed E-state index contributed by atoms with van der Waals surface area (Å²) in [6.07, 6.45) is 3.72. The van der Waals surface area contributed by atoms with Crippen LogP contribution in [-0.2, 0) is 11.2 Å². The van der Waals surface area contributed by atoms with Crippen molar-refractivity contribution in [2.75, 3.05) is 12.3 Å². The number of imidazole rings is 1. The predicted molar refractivity (Wildman–Crippen MR) is 80.0 cm³/mol. The maximum Gasteiger partial charge on any atom is 0.112 e. The van der Waals surface area contributed by atoms with E-state index >= 15 is 0 Å². The van der Waals surface area contributed by atoms with Crippen LogP contribution in [0.4, 0.5) is 5.69 Å². The molecule has 0 amide bonds. The van der Waals surface area contributed by atoms with Gasteiger partial charge in [-0.3, -0.25) is 0 Å². The van der Waals surface area contributed by atoms with Crippen molar-refractivity contribution in [2.45, 2.75) is 32.3 Å². The maximum atomic E-state index is 5.98. The molecule has 0 unspecified atom stereocenters. The molecule has 1 fully saturated rings. The van der Waals surface area contributed by atoms with Gasteiger partial charge in [-0.05, 0) is 37.8 Å². The zero-order valence-corrected chi connectivity index (χ0v) is 12.5. The van der Waals surface area contributed by atoms with E-state index in [2.05, 4.69) is 25.9 Å². The smallest absolute Gasteiger partial charge is 0.112 e. The number of nitrogens with one attached hydrogen (secondary N) is 1. The summed E-state index contributed by atoms with van der Waals surface area (Å²) in [7, 11) is 0. The second-order valence-corrected chi connectivity index (χ2v) is 6.11. The number of ether oxygens (including phenoxy) is 1. The van der Waals surface area contributed by atoms with E-state index in [0.29, 0.717) is 17.7 Å². The average Bonchev–Trinajstić information content (AvgIpc) is 2.69. The Morgan fingerprint density at radius 2 is 2.26 bits per heavy atom. The second kappa shape index (κ2) is 5.13. The van der Waals surface area contributed by atoms with Crippen molar-refractivity contribution < 1.29 is 4.74 Å². The number of nitrogen functional groups attached to an aromatic ring is 1. The molecule has 2 aromatic rings. The number of hydrogen-bond donors (Lipinski definition) is 2. The van der Waals surface area contributed by atoms with Crippen LogP contribution in [0.5, 0.6) is 0 Å². The van der Waals surface area contributed by atoms with Gasteiger partial charge >= 0.3 is 0 Å². The van der Waals surface area contributed by atoms with Crippen LogP contribution >= 0.6 is 15.9 Å². The number of aromatic nitrogens is 2. The van der Waals surface area contributed by atoms with Gasteiger partial charge in [-0.1, -0.05) is 15.9 Å². The summed E-state index contributed by atoms with van der Waals surface area (Å²) in [6.45, 7) is 2.86. The van der Waals surface area contributed by atoms with Crippen molar-refractivity contribution >= 4 is 32.7 Å². The molecular formula is C14H18BrN3O. The first-order valence-electron chi connectivity index (χ1n) is 6.71. The summed E-state index contributed by atoms with van der Waals surface area (Å²) in [5, 5.41) is 0. The summed E-state index contributed by atoms with van der Waals surface area (Å²) in [5.41, 5.74) is 8.57. The standard InChI is InChI=1S/C14H18BrN3O/c1-2-19-10-3-8(4-10)5-13-17-12-7-9(15)6-11(16)14(12)18-13/h6-8,10H,2-5,16H2,1H3,(H,17,18). The van der Waals surface area contributed by atoms with Crippen LogP contribution in [-0.4, -0.2) is 22.7 Å². The van der Waals surface area contributed by atoms with Gasteiger partial charge in [0.25, 0.3) is 0 Å². The van der Waals surface area contributed by atoms with E-state index in [1.165, 1.54) is 0 Å². The highest BCUT2D eigenvalue weighted by Crippen LogP contribution is 2.33. The number of rotatable bonds is 4. The van der Waals surface area contributed by atoms with Gasteiger partial charge in [0.15, 0.2) is 0 Å². The zero-order chi connectivity index (χ0) is 13.4. The van der Waals surface area contributed by atoms with E-state index in [1.54, 1.807) is 0 Å². The van der Waals surface area contributed by atoms with Gasteiger partial charge in [0.05, 0.1) is 17.3 Å². The number of halogens is 1. The van der Waals surface area contributed by atoms with E-state index < -0.39 is 0 Å². The second-order valence-electron chi connectivity index (χ2n) is 5.19. The van der Waals surface area contributed by atoms with Crippen molar-refractivity contribution in [1.29, 1.82) is 0 Å². The minimum absolute atomic E-state index is 0.457. The van der Waals surface area contributed by atoms with E-state index in [1.807, 2.05) is 19.1 Å². The molecule has 0 bridgehead atoms. The van der Waals surface area contributed by atoms with Gasteiger partial charge < -0.3 is 15.5 Å². The summed E-state index contributed by atoms with van der Waals surface area (Å²) in [5.74, 6) is 1.71. The minimum Gasteiger partial charge on any atom is -0.397 e. The number of fused-ring (bicyclic) bond motifs is 1. The van der Waals surface area contributed by atoms with Crippen molar-refractivity contribution in [3.8, 4) is 0 Å². The molecule has 0 spiro atoms. The molecule has 1 aromatic heterocycles. The molecule has 0 aliphatic heterocycles. The quantitative estimate of drug-likeness (QED) is 0.849. The SMILES string of the molecule is CCOC1CC(Cc2nc3c(N)cc(Br)cc3[nH]2)C1. The summed E-state index contributed by atoms with van der Waals surface area (Å²) < 4.78 is 6.56. The molecule has 3 N–H and O–H groups in total. The third-order valence-corrected chi connectivity index (χ3v) is 4.16. The van der Waals surface area contributed by atoms with Crippen LogP contribution in [0, 0.1) is 5.92 Å². The highest BCUT2D eigenvalue weighted by molar-refractivity contribution is 9.10. The first-order chi connectivity index (χ1) is 9.15. The number of nitrogens with two attached hydrogens (primary N) is 1. The van der Waals surface area contributed by atoms with Crippen molar-refractivity contribution in [3.63, 3.8) is 0 Å². The molecule has 3 rings (SSSR count). The Bertz CT molecular complexity index is 590. The topological polar surface area (TPSA) is 63.9 Å². The van der Waals surface area contributed by atoms with E-state index in [9.17, 15) is 0 Å². The zero-order valence-electron chi connectivity index (χ0n) is 10.9. The fraction of sp³-hybridized carbons (Fsp3) is 0.500. The van der Waals surface area contributed by atoms with Crippen LogP contribution in [0.1, 0.15) is 25.6 Å². The van der Waals surface area contributed by atoms with Gasteiger partial charge in [-0.25, -0.2) is 4.98 Å². The largest absolute Gasteiger partial charge is 0.397 e. The molecule has 5 heteroatoms. The molecule has 1 heterocycles. The molecule has 19 heavy (non-hydrogen) atoms. The number of nitrogens with zero attached hydrogens (tertiary/aromatic N) is 1. The maximum absolute atomic E-state index is 5.98. The van der Waals surface area contributed by atoms with Gasteiger partial charge in [0, 0.05) is 17.5 Å². The molecular weight excluding hydrogens is 306 g/mol.